The van der Waals surface area contributed by atoms with E-state index < -0.39 is 6.10 Å². The van der Waals surface area contributed by atoms with Crippen LogP contribution in [0.25, 0.3) is 0 Å². The van der Waals surface area contributed by atoms with E-state index in [0.717, 1.165) is 11.1 Å². The Hall–Kier alpha value is -2.37. The van der Waals surface area contributed by atoms with Gasteiger partial charge in [0.2, 0.25) is 0 Å². The van der Waals surface area contributed by atoms with Crippen molar-refractivity contribution in [2.75, 3.05) is 27.2 Å². The minimum atomic E-state index is -0.569. The van der Waals surface area contributed by atoms with Gasteiger partial charge in [-0.05, 0) is 31.6 Å². The molecule has 2 atom stereocenters. The maximum Gasteiger partial charge on any atom is 0.314 e. The molecule has 0 aliphatic rings. The molecule has 0 bridgehead atoms. The molecule has 0 radical (unpaired) electrons. The number of urea groups is 1. The quantitative estimate of drug-likeness (QED) is 0.692. The molecule has 0 heterocycles. The van der Waals surface area contributed by atoms with E-state index >= 15 is 0 Å². The van der Waals surface area contributed by atoms with Crippen molar-refractivity contribution >= 4 is 6.03 Å². The summed E-state index contributed by atoms with van der Waals surface area (Å²) in [7, 11) is 3.99. The van der Waals surface area contributed by atoms with Crippen LogP contribution in [0, 0.1) is 0 Å². The van der Waals surface area contributed by atoms with Crippen molar-refractivity contribution in [3.8, 4) is 0 Å². The van der Waals surface area contributed by atoms with E-state index in [0.29, 0.717) is 19.5 Å². The highest BCUT2D eigenvalue weighted by Crippen LogP contribution is 2.17. The lowest BCUT2D eigenvalue weighted by Gasteiger charge is -2.25. The Balaban J connectivity index is 1.74. The fourth-order valence-electron chi connectivity index (χ4n) is 2.69. The molecule has 25 heavy (non-hydrogen) atoms. The van der Waals surface area contributed by atoms with Crippen LogP contribution in [0.3, 0.4) is 0 Å². The topological polar surface area (TPSA) is 64.6 Å². The van der Waals surface area contributed by atoms with Gasteiger partial charge in [-0.2, -0.15) is 0 Å². The summed E-state index contributed by atoms with van der Waals surface area (Å²) < 4.78 is 0. The minimum absolute atomic E-state index is 0.113. The highest BCUT2D eigenvalue weighted by Gasteiger charge is 2.15. The summed E-state index contributed by atoms with van der Waals surface area (Å²) in [5.41, 5.74) is 2.02. The highest BCUT2D eigenvalue weighted by atomic mass is 16.3. The first-order valence-corrected chi connectivity index (χ1v) is 8.54. The van der Waals surface area contributed by atoms with Crippen molar-refractivity contribution < 1.29 is 9.90 Å². The molecule has 0 spiro atoms. The Bertz CT molecular complexity index is 632. The van der Waals surface area contributed by atoms with Crippen molar-refractivity contribution in [3.63, 3.8) is 0 Å². The molecule has 2 amide bonds. The molecule has 3 N–H and O–H groups in total. The maximum absolute atomic E-state index is 12.0. The van der Waals surface area contributed by atoms with Gasteiger partial charge in [-0.3, -0.25) is 0 Å². The molecule has 0 aliphatic carbocycles. The molecule has 2 rings (SSSR count). The van der Waals surface area contributed by atoms with Crippen LogP contribution in [-0.4, -0.2) is 43.2 Å². The number of likely N-dealkylation sites (N-methyl/N-ethyl adjacent to an activating group) is 1. The van der Waals surface area contributed by atoms with Gasteiger partial charge >= 0.3 is 6.03 Å². The van der Waals surface area contributed by atoms with Crippen LogP contribution in [0.4, 0.5) is 4.79 Å². The molecule has 2 unspecified atom stereocenters. The van der Waals surface area contributed by atoms with Crippen molar-refractivity contribution in [1.29, 1.82) is 0 Å². The summed E-state index contributed by atoms with van der Waals surface area (Å²) in [5, 5.41) is 15.8. The van der Waals surface area contributed by atoms with Crippen molar-refractivity contribution in [2.24, 2.45) is 0 Å². The van der Waals surface area contributed by atoms with E-state index in [1.165, 1.54) is 0 Å². The standard InChI is InChI=1S/C20H27N3O2/c1-23(2)18(16-9-5-3-6-10-16)15-22-20(25)21-14-13-19(24)17-11-7-4-8-12-17/h3-12,18-19,24H,13-15H2,1-2H3,(H2,21,22,25). The normalized spacial score (nSPS) is 13.3. The molecule has 0 aliphatic heterocycles. The van der Waals surface area contributed by atoms with E-state index in [9.17, 15) is 9.90 Å². The largest absolute Gasteiger partial charge is 0.388 e. The summed E-state index contributed by atoms with van der Waals surface area (Å²) in [6, 6.07) is 19.4. The molecule has 0 fully saturated rings. The molecule has 5 heteroatoms. The van der Waals surface area contributed by atoms with Crippen LogP contribution in [-0.2, 0) is 0 Å². The zero-order valence-corrected chi connectivity index (χ0v) is 14.9. The summed E-state index contributed by atoms with van der Waals surface area (Å²) in [6.07, 6.45) is -0.0897. The van der Waals surface area contributed by atoms with Gasteiger partial charge in [0.05, 0.1) is 12.1 Å². The smallest absolute Gasteiger partial charge is 0.314 e. The highest BCUT2D eigenvalue weighted by molar-refractivity contribution is 5.73. The molecular weight excluding hydrogens is 314 g/mol. The summed E-state index contributed by atoms with van der Waals surface area (Å²) in [5.74, 6) is 0. The number of benzene rings is 2. The summed E-state index contributed by atoms with van der Waals surface area (Å²) >= 11 is 0. The third-order valence-electron chi connectivity index (χ3n) is 4.15. The number of carbonyl (C=O) groups is 1. The molecular formula is C20H27N3O2. The van der Waals surface area contributed by atoms with Crippen molar-refractivity contribution in [3.05, 3.63) is 71.8 Å². The SMILES string of the molecule is CN(C)C(CNC(=O)NCCC(O)c1ccccc1)c1ccccc1. The predicted octanol–water partition coefficient (Wildman–Crippen LogP) is 2.71. The number of amides is 2. The minimum Gasteiger partial charge on any atom is -0.388 e. The molecule has 134 valence electrons. The van der Waals surface area contributed by atoms with E-state index in [2.05, 4.69) is 27.7 Å². The van der Waals surface area contributed by atoms with Crippen LogP contribution < -0.4 is 10.6 Å². The summed E-state index contributed by atoms with van der Waals surface area (Å²) in [4.78, 5) is 14.1. The summed E-state index contributed by atoms with van der Waals surface area (Å²) in [6.45, 7) is 0.934. The number of nitrogens with one attached hydrogen (secondary N) is 2. The Morgan fingerprint density at radius 3 is 2.08 bits per heavy atom. The third-order valence-corrected chi connectivity index (χ3v) is 4.15. The second-order valence-electron chi connectivity index (χ2n) is 6.24. The molecule has 0 saturated carbocycles. The molecule has 0 aromatic heterocycles. The Morgan fingerprint density at radius 1 is 0.960 bits per heavy atom. The van der Waals surface area contributed by atoms with Gasteiger partial charge in [-0.15, -0.1) is 0 Å². The van der Waals surface area contributed by atoms with Crippen LogP contribution in [0.2, 0.25) is 0 Å². The van der Waals surface area contributed by atoms with Gasteiger partial charge in [0.1, 0.15) is 0 Å². The number of aliphatic hydroxyl groups is 1. The van der Waals surface area contributed by atoms with Gasteiger partial charge in [0.15, 0.2) is 0 Å². The van der Waals surface area contributed by atoms with Crippen molar-refractivity contribution in [1.82, 2.24) is 15.5 Å². The number of rotatable bonds is 8. The van der Waals surface area contributed by atoms with E-state index in [4.69, 9.17) is 0 Å². The first kappa shape index (κ1) is 19.0. The van der Waals surface area contributed by atoms with Crippen molar-refractivity contribution in [2.45, 2.75) is 18.6 Å². The lowest BCUT2D eigenvalue weighted by Crippen LogP contribution is -2.41. The number of nitrogens with zero attached hydrogens (tertiary/aromatic N) is 1. The average Bonchev–Trinajstić information content (AvgIpc) is 2.63. The fraction of sp³-hybridized carbons (Fsp3) is 0.350. The van der Waals surface area contributed by atoms with E-state index in [1.54, 1.807) is 0 Å². The van der Waals surface area contributed by atoms with Gasteiger partial charge in [0, 0.05) is 13.1 Å². The third kappa shape index (κ3) is 6.21. The number of carbonyl (C=O) groups excluding carboxylic acids is 1. The molecule has 2 aromatic rings. The Morgan fingerprint density at radius 2 is 1.52 bits per heavy atom. The first-order valence-electron chi connectivity index (χ1n) is 8.54. The first-order chi connectivity index (χ1) is 12.1. The second kappa shape index (κ2) is 9.81. The van der Waals surface area contributed by atoms with Crippen LogP contribution in [0.1, 0.15) is 29.7 Å². The van der Waals surface area contributed by atoms with Gasteiger partial charge < -0.3 is 20.6 Å². The monoisotopic (exact) mass is 341 g/mol. The van der Waals surface area contributed by atoms with Crippen LogP contribution >= 0.6 is 0 Å². The van der Waals surface area contributed by atoms with Gasteiger partial charge in [-0.1, -0.05) is 60.7 Å². The second-order valence-corrected chi connectivity index (χ2v) is 6.24. The molecule has 5 nitrogen and oxygen atoms in total. The lowest BCUT2D eigenvalue weighted by molar-refractivity contribution is 0.166. The molecule has 2 aromatic carbocycles. The van der Waals surface area contributed by atoms with Crippen LogP contribution in [0.15, 0.2) is 60.7 Å². The predicted molar refractivity (Wildman–Crippen MR) is 100 cm³/mol. The van der Waals surface area contributed by atoms with Gasteiger partial charge in [0.25, 0.3) is 0 Å². The van der Waals surface area contributed by atoms with E-state index in [1.807, 2.05) is 62.6 Å². The maximum atomic E-state index is 12.0. The number of hydrogen-bond acceptors (Lipinski definition) is 3. The Labute approximate surface area is 149 Å². The number of aliphatic hydroxyl groups excluding tert-OH is 1. The van der Waals surface area contributed by atoms with Gasteiger partial charge in [-0.25, -0.2) is 4.79 Å². The Kier molecular flexibility index (Phi) is 7.44. The van der Waals surface area contributed by atoms with E-state index in [-0.39, 0.29) is 12.1 Å². The zero-order valence-electron chi connectivity index (χ0n) is 14.9. The average molecular weight is 341 g/mol. The zero-order chi connectivity index (χ0) is 18.1. The number of hydrogen-bond donors (Lipinski definition) is 3. The van der Waals surface area contributed by atoms with Crippen LogP contribution in [0.5, 0.6) is 0 Å². The molecule has 0 saturated heterocycles. The lowest BCUT2D eigenvalue weighted by atomic mass is 10.1. The fourth-order valence-corrected chi connectivity index (χ4v) is 2.69.